The standard InChI is InChI=1S/C17H19ClN2O2/c1-2-11-19-17(21)20-15-7-9-16(10-8-15)22-12-13-3-5-14(18)6-4-13/h3-10H,2,11-12H2,1H3,(H2,19,20,21). The lowest BCUT2D eigenvalue weighted by Crippen LogP contribution is -2.29. The second-order valence-electron chi connectivity index (χ2n) is 4.82. The van der Waals surface area contributed by atoms with Crippen molar-refractivity contribution in [2.24, 2.45) is 0 Å². The molecule has 0 unspecified atom stereocenters. The number of amides is 2. The van der Waals surface area contributed by atoms with E-state index in [4.69, 9.17) is 16.3 Å². The zero-order valence-corrected chi connectivity index (χ0v) is 13.2. The molecule has 116 valence electrons. The number of urea groups is 1. The van der Waals surface area contributed by atoms with Crippen molar-refractivity contribution >= 4 is 23.3 Å². The summed E-state index contributed by atoms with van der Waals surface area (Å²) in [6.45, 7) is 3.14. The molecule has 4 nitrogen and oxygen atoms in total. The van der Waals surface area contributed by atoms with E-state index in [9.17, 15) is 4.79 Å². The van der Waals surface area contributed by atoms with Crippen LogP contribution >= 0.6 is 11.6 Å². The fourth-order valence-electron chi connectivity index (χ4n) is 1.80. The molecule has 0 saturated heterocycles. The number of ether oxygens (including phenoxy) is 1. The van der Waals surface area contributed by atoms with E-state index in [0.29, 0.717) is 18.2 Å². The molecule has 0 spiro atoms. The van der Waals surface area contributed by atoms with Crippen LogP contribution in [-0.4, -0.2) is 12.6 Å². The van der Waals surface area contributed by atoms with E-state index < -0.39 is 0 Å². The van der Waals surface area contributed by atoms with Crippen LogP contribution in [-0.2, 0) is 6.61 Å². The lowest BCUT2D eigenvalue weighted by Gasteiger charge is -2.09. The molecule has 0 saturated carbocycles. The topological polar surface area (TPSA) is 50.4 Å². The molecule has 0 heterocycles. The highest BCUT2D eigenvalue weighted by atomic mass is 35.5. The summed E-state index contributed by atoms with van der Waals surface area (Å²) in [7, 11) is 0. The molecule has 0 aliphatic heterocycles. The molecule has 2 amide bonds. The first-order valence-electron chi connectivity index (χ1n) is 7.19. The summed E-state index contributed by atoms with van der Waals surface area (Å²) in [5.41, 5.74) is 1.78. The van der Waals surface area contributed by atoms with Crippen molar-refractivity contribution < 1.29 is 9.53 Å². The van der Waals surface area contributed by atoms with Crippen LogP contribution in [0.25, 0.3) is 0 Å². The lowest BCUT2D eigenvalue weighted by atomic mass is 10.2. The molecule has 2 N–H and O–H groups in total. The smallest absolute Gasteiger partial charge is 0.319 e. The molecular weight excluding hydrogens is 300 g/mol. The van der Waals surface area contributed by atoms with E-state index in [1.807, 2.05) is 55.5 Å². The predicted octanol–water partition coefficient (Wildman–Crippen LogP) is 4.45. The zero-order valence-electron chi connectivity index (χ0n) is 12.4. The van der Waals surface area contributed by atoms with Crippen LogP contribution in [0.1, 0.15) is 18.9 Å². The normalized spacial score (nSPS) is 10.1. The maximum Gasteiger partial charge on any atom is 0.319 e. The Morgan fingerprint density at radius 1 is 1.09 bits per heavy atom. The first kappa shape index (κ1) is 16.2. The molecule has 0 radical (unpaired) electrons. The molecule has 22 heavy (non-hydrogen) atoms. The summed E-state index contributed by atoms with van der Waals surface area (Å²) in [5, 5.41) is 6.23. The average Bonchev–Trinajstić information content (AvgIpc) is 2.54. The molecular formula is C17H19ClN2O2. The van der Waals surface area contributed by atoms with E-state index in [2.05, 4.69) is 10.6 Å². The highest BCUT2D eigenvalue weighted by Gasteiger charge is 2.01. The van der Waals surface area contributed by atoms with Gasteiger partial charge in [-0.1, -0.05) is 30.7 Å². The Labute approximate surface area is 135 Å². The van der Waals surface area contributed by atoms with Crippen molar-refractivity contribution in [2.75, 3.05) is 11.9 Å². The highest BCUT2D eigenvalue weighted by Crippen LogP contribution is 2.17. The number of benzene rings is 2. The molecule has 5 heteroatoms. The minimum atomic E-state index is -0.198. The zero-order chi connectivity index (χ0) is 15.8. The van der Waals surface area contributed by atoms with E-state index in [0.717, 1.165) is 23.4 Å². The van der Waals surface area contributed by atoms with Gasteiger partial charge in [0, 0.05) is 17.3 Å². The molecule has 0 aromatic heterocycles. The van der Waals surface area contributed by atoms with E-state index >= 15 is 0 Å². The molecule has 0 aliphatic rings. The molecule has 0 bridgehead atoms. The average molecular weight is 319 g/mol. The van der Waals surface area contributed by atoms with E-state index in [1.54, 1.807) is 0 Å². The van der Waals surface area contributed by atoms with Gasteiger partial charge in [-0.05, 0) is 48.4 Å². The third-order valence-corrected chi connectivity index (χ3v) is 3.22. The van der Waals surface area contributed by atoms with Crippen molar-refractivity contribution in [1.82, 2.24) is 5.32 Å². The number of halogens is 1. The summed E-state index contributed by atoms with van der Waals surface area (Å²) in [5.74, 6) is 0.745. The van der Waals surface area contributed by atoms with Gasteiger partial charge in [0.2, 0.25) is 0 Å². The largest absolute Gasteiger partial charge is 0.489 e. The van der Waals surface area contributed by atoms with Gasteiger partial charge in [-0.25, -0.2) is 4.79 Å². The molecule has 0 fully saturated rings. The number of carbonyl (C=O) groups excluding carboxylic acids is 1. The van der Waals surface area contributed by atoms with Crippen molar-refractivity contribution in [1.29, 1.82) is 0 Å². The van der Waals surface area contributed by atoms with Gasteiger partial charge in [-0.2, -0.15) is 0 Å². The maximum atomic E-state index is 11.5. The van der Waals surface area contributed by atoms with E-state index in [-0.39, 0.29) is 6.03 Å². The number of rotatable bonds is 6. The van der Waals surface area contributed by atoms with Crippen LogP contribution in [0.2, 0.25) is 5.02 Å². The van der Waals surface area contributed by atoms with Gasteiger partial charge < -0.3 is 15.4 Å². The Balaban J connectivity index is 1.83. The number of nitrogens with one attached hydrogen (secondary N) is 2. The van der Waals surface area contributed by atoms with Crippen molar-refractivity contribution in [2.45, 2.75) is 20.0 Å². The predicted molar refractivity (Wildman–Crippen MR) is 89.5 cm³/mol. The third-order valence-electron chi connectivity index (χ3n) is 2.97. The Kier molecular flexibility index (Phi) is 6.10. The van der Waals surface area contributed by atoms with Crippen molar-refractivity contribution in [3.05, 3.63) is 59.1 Å². The molecule has 0 aliphatic carbocycles. The van der Waals surface area contributed by atoms with Gasteiger partial charge in [-0.3, -0.25) is 0 Å². The van der Waals surface area contributed by atoms with Gasteiger partial charge in [0.15, 0.2) is 0 Å². The van der Waals surface area contributed by atoms with Crippen LogP contribution in [0.4, 0.5) is 10.5 Å². The fraction of sp³-hybridized carbons (Fsp3) is 0.235. The summed E-state index contributed by atoms with van der Waals surface area (Å²) in [6, 6.07) is 14.6. The second-order valence-corrected chi connectivity index (χ2v) is 5.26. The minimum absolute atomic E-state index is 0.198. The Hall–Kier alpha value is -2.20. The van der Waals surface area contributed by atoms with Gasteiger partial charge >= 0.3 is 6.03 Å². The highest BCUT2D eigenvalue weighted by molar-refractivity contribution is 6.30. The second kappa shape index (κ2) is 8.29. The molecule has 0 atom stereocenters. The first-order chi connectivity index (χ1) is 10.7. The van der Waals surface area contributed by atoms with Gasteiger partial charge in [0.25, 0.3) is 0 Å². The monoisotopic (exact) mass is 318 g/mol. The Morgan fingerprint density at radius 3 is 2.41 bits per heavy atom. The van der Waals surface area contributed by atoms with Gasteiger partial charge in [-0.15, -0.1) is 0 Å². The van der Waals surface area contributed by atoms with Gasteiger partial charge in [0.05, 0.1) is 0 Å². The van der Waals surface area contributed by atoms with Crippen LogP contribution in [0.5, 0.6) is 5.75 Å². The molecule has 2 aromatic carbocycles. The number of anilines is 1. The summed E-state index contributed by atoms with van der Waals surface area (Å²) in [4.78, 5) is 11.5. The van der Waals surface area contributed by atoms with E-state index in [1.165, 1.54) is 0 Å². The quantitative estimate of drug-likeness (QED) is 0.826. The SMILES string of the molecule is CCCNC(=O)Nc1ccc(OCc2ccc(Cl)cc2)cc1. The molecule has 2 aromatic rings. The van der Waals surface area contributed by atoms with Crippen LogP contribution in [0.3, 0.4) is 0 Å². The minimum Gasteiger partial charge on any atom is -0.489 e. The maximum absolute atomic E-state index is 11.5. The number of hydrogen-bond acceptors (Lipinski definition) is 2. The summed E-state index contributed by atoms with van der Waals surface area (Å²) >= 11 is 5.84. The first-order valence-corrected chi connectivity index (χ1v) is 7.57. The fourth-order valence-corrected chi connectivity index (χ4v) is 1.92. The summed E-state index contributed by atoms with van der Waals surface area (Å²) in [6.07, 6.45) is 0.908. The summed E-state index contributed by atoms with van der Waals surface area (Å²) < 4.78 is 5.69. The lowest BCUT2D eigenvalue weighted by molar-refractivity contribution is 0.252. The number of hydrogen-bond donors (Lipinski definition) is 2. The molecule has 2 rings (SSSR count). The van der Waals surface area contributed by atoms with Crippen molar-refractivity contribution in [3.8, 4) is 5.75 Å². The van der Waals surface area contributed by atoms with Gasteiger partial charge in [0.1, 0.15) is 12.4 Å². The Bertz CT molecular complexity index is 597. The van der Waals surface area contributed by atoms with Crippen LogP contribution in [0.15, 0.2) is 48.5 Å². The van der Waals surface area contributed by atoms with Crippen LogP contribution in [0, 0.1) is 0 Å². The third kappa shape index (κ3) is 5.30. The number of carbonyl (C=O) groups is 1. The van der Waals surface area contributed by atoms with Crippen LogP contribution < -0.4 is 15.4 Å². The Morgan fingerprint density at radius 2 is 1.77 bits per heavy atom. The van der Waals surface area contributed by atoms with Crippen molar-refractivity contribution in [3.63, 3.8) is 0 Å².